The van der Waals surface area contributed by atoms with Crippen LogP contribution in [0.2, 0.25) is 0 Å². The van der Waals surface area contributed by atoms with Gasteiger partial charge in [0.2, 0.25) is 11.7 Å². The predicted molar refractivity (Wildman–Crippen MR) is 76.3 cm³/mol. The number of nitrogens with one attached hydrogen (secondary N) is 1. The van der Waals surface area contributed by atoms with Crippen LogP contribution in [0.1, 0.15) is 43.1 Å². The van der Waals surface area contributed by atoms with E-state index in [1.165, 1.54) is 19.3 Å². The predicted octanol–water partition coefficient (Wildman–Crippen LogP) is 2.69. The van der Waals surface area contributed by atoms with E-state index >= 15 is 0 Å². The van der Waals surface area contributed by atoms with E-state index < -0.39 is 0 Å². The first-order valence-corrected chi connectivity index (χ1v) is 7.22. The zero-order valence-electron chi connectivity index (χ0n) is 12.0. The molecule has 106 valence electrons. The molecule has 0 aliphatic heterocycles. The summed E-state index contributed by atoms with van der Waals surface area (Å²) < 4.78 is 5.49. The van der Waals surface area contributed by atoms with Crippen molar-refractivity contribution >= 4 is 0 Å². The molecule has 1 saturated carbocycles. The van der Waals surface area contributed by atoms with Crippen LogP contribution in [0.15, 0.2) is 22.9 Å². The molecular weight excluding hydrogens is 252 g/mol. The van der Waals surface area contributed by atoms with Crippen molar-refractivity contribution in [2.45, 2.75) is 44.6 Å². The lowest BCUT2D eigenvalue weighted by atomic mass is 9.84. The molecule has 5 heteroatoms. The minimum atomic E-state index is 0.319. The Hall–Kier alpha value is -1.75. The minimum absolute atomic E-state index is 0.319. The molecule has 0 aromatic carbocycles. The summed E-state index contributed by atoms with van der Waals surface area (Å²) in [5, 5.41) is 7.46. The average molecular weight is 272 g/mol. The summed E-state index contributed by atoms with van der Waals surface area (Å²) in [4.78, 5) is 8.87. The lowest BCUT2D eigenvalue weighted by Gasteiger charge is -2.28. The van der Waals surface area contributed by atoms with Crippen LogP contribution in [0.3, 0.4) is 0 Å². The van der Waals surface area contributed by atoms with Crippen LogP contribution < -0.4 is 5.32 Å². The Morgan fingerprint density at radius 3 is 2.95 bits per heavy atom. The first kappa shape index (κ1) is 13.2. The van der Waals surface area contributed by atoms with Gasteiger partial charge in [0.25, 0.3) is 0 Å². The van der Waals surface area contributed by atoms with Gasteiger partial charge in [-0.3, -0.25) is 4.98 Å². The Kier molecular flexibility index (Phi) is 3.78. The van der Waals surface area contributed by atoms with Gasteiger partial charge in [-0.15, -0.1) is 0 Å². The van der Waals surface area contributed by atoms with Crippen molar-refractivity contribution in [3.05, 3.63) is 29.8 Å². The van der Waals surface area contributed by atoms with Crippen molar-refractivity contribution < 1.29 is 4.52 Å². The SMILES string of the molecule is CNC1CCCCC1c1nc(-c2cc(C)ccn2)no1. The molecule has 0 bridgehead atoms. The van der Waals surface area contributed by atoms with Gasteiger partial charge in [0.15, 0.2) is 0 Å². The van der Waals surface area contributed by atoms with E-state index in [1.54, 1.807) is 6.20 Å². The first-order chi connectivity index (χ1) is 9.78. The smallest absolute Gasteiger partial charge is 0.231 e. The molecule has 0 amide bonds. The molecule has 1 aliphatic carbocycles. The molecule has 20 heavy (non-hydrogen) atoms. The highest BCUT2D eigenvalue weighted by atomic mass is 16.5. The summed E-state index contributed by atoms with van der Waals surface area (Å²) in [5.41, 5.74) is 1.92. The summed E-state index contributed by atoms with van der Waals surface area (Å²) in [7, 11) is 2.00. The van der Waals surface area contributed by atoms with E-state index in [0.717, 1.165) is 23.6 Å². The maximum absolute atomic E-state index is 5.49. The van der Waals surface area contributed by atoms with Crippen LogP contribution in [0.25, 0.3) is 11.5 Å². The second kappa shape index (κ2) is 5.71. The zero-order chi connectivity index (χ0) is 13.9. The van der Waals surface area contributed by atoms with Gasteiger partial charge in [-0.25, -0.2) is 0 Å². The van der Waals surface area contributed by atoms with Gasteiger partial charge in [0, 0.05) is 12.2 Å². The Bertz CT molecular complexity index is 581. The lowest BCUT2D eigenvalue weighted by molar-refractivity contribution is 0.270. The van der Waals surface area contributed by atoms with Gasteiger partial charge < -0.3 is 9.84 Å². The molecule has 2 unspecified atom stereocenters. The molecule has 0 radical (unpaired) electrons. The molecule has 1 N–H and O–H groups in total. The summed E-state index contributed by atoms with van der Waals surface area (Å²) in [6.45, 7) is 2.03. The minimum Gasteiger partial charge on any atom is -0.339 e. The summed E-state index contributed by atoms with van der Waals surface area (Å²) >= 11 is 0. The van der Waals surface area contributed by atoms with Crippen LogP contribution in [0.5, 0.6) is 0 Å². The number of aryl methyl sites for hydroxylation is 1. The standard InChI is InChI=1S/C15H20N4O/c1-10-7-8-17-13(9-10)14-18-15(20-19-14)11-5-3-4-6-12(11)16-2/h7-9,11-12,16H,3-6H2,1-2H3. The fourth-order valence-corrected chi connectivity index (χ4v) is 2.92. The number of hydrogen-bond acceptors (Lipinski definition) is 5. The van der Waals surface area contributed by atoms with Gasteiger partial charge in [0.1, 0.15) is 5.69 Å². The van der Waals surface area contributed by atoms with Crippen LogP contribution in [0, 0.1) is 6.92 Å². The number of pyridine rings is 1. The maximum atomic E-state index is 5.49. The third-order valence-electron chi connectivity index (χ3n) is 4.04. The number of hydrogen-bond donors (Lipinski definition) is 1. The molecular formula is C15H20N4O. The largest absolute Gasteiger partial charge is 0.339 e. The van der Waals surface area contributed by atoms with Gasteiger partial charge in [0.05, 0.1) is 5.92 Å². The molecule has 5 nitrogen and oxygen atoms in total. The molecule has 0 saturated heterocycles. The lowest BCUT2D eigenvalue weighted by Crippen LogP contribution is -2.34. The molecule has 1 aliphatic rings. The highest BCUT2D eigenvalue weighted by Crippen LogP contribution is 2.32. The van der Waals surface area contributed by atoms with Crippen molar-refractivity contribution in [2.75, 3.05) is 7.05 Å². The molecule has 1 fully saturated rings. The quantitative estimate of drug-likeness (QED) is 0.930. The van der Waals surface area contributed by atoms with Crippen molar-refractivity contribution in [1.82, 2.24) is 20.4 Å². The van der Waals surface area contributed by atoms with E-state index in [-0.39, 0.29) is 0 Å². The maximum Gasteiger partial charge on any atom is 0.231 e. The molecule has 3 rings (SSSR count). The second-order valence-corrected chi connectivity index (χ2v) is 5.46. The molecule has 2 atom stereocenters. The molecule has 2 aromatic heterocycles. The first-order valence-electron chi connectivity index (χ1n) is 7.22. The Morgan fingerprint density at radius 1 is 1.30 bits per heavy atom. The van der Waals surface area contributed by atoms with Crippen molar-refractivity contribution in [3.8, 4) is 11.5 Å². The van der Waals surface area contributed by atoms with Crippen molar-refractivity contribution in [2.24, 2.45) is 0 Å². The van der Waals surface area contributed by atoms with E-state index in [4.69, 9.17) is 4.52 Å². The Labute approximate surface area is 118 Å². The third-order valence-corrected chi connectivity index (χ3v) is 4.04. The fourth-order valence-electron chi connectivity index (χ4n) is 2.92. The van der Waals surface area contributed by atoms with Crippen molar-refractivity contribution in [3.63, 3.8) is 0 Å². The van der Waals surface area contributed by atoms with E-state index in [1.807, 2.05) is 26.1 Å². The van der Waals surface area contributed by atoms with E-state index in [2.05, 4.69) is 20.4 Å². The van der Waals surface area contributed by atoms with Crippen LogP contribution >= 0.6 is 0 Å². The third kappa shape index (κ3) is 2.58. The van der Waals surface area contributed by atoms with Gasteiger partial charge in [-0.1, -0.05) is 18.0 Å². The van der Waals surface area contributed by atoms with E-state index in [9.17, 15) is 0 Å². The molecule has 0 spiro atoms. The van der Waals surface area contributed by atoms with Crippen LogP contribution in [0.4, 0.5) is 0 Å². The fraction of sp³-hybridized carbons (Fsp3) is 0.533. The number of rotatable bonds is 3. The van der Waals surface area contributed by atoms with E-state index in [0.29, 0.717) is 17.8 Å². The number of aromatic nitrogens is 3. The highest BCUT2D eigenvalue weighted by molar-refractivity contribution is 5.49. The second-order valence-electron chi connectivity index (χ2n) is 5.46. The zero-order valence-corrected chi connectivity index (χ0v) is 12.0. The summed E-state index contributed by atoms with van der Waals surface area (Å²) in [5.74, 6) is 1.64. The summed E-state index contributed by atoms with van der Waals surface area (Å²) in [6, 6.07) is 4.37. The Morgan fingerprint density at radius 2 is 2.15 bits per heavy atom. The van der Waals surface area contributed by atoms with Gasteiger partial charge in [-0.2, -0.15) is 4.98 Å². The number of likely N-dealkylation sites (N-methyl/N-ethyl adjacent to an activating group) is 1. The van der Waals surface area contributed by atoms with Gasteiger partial charge in [-0.05, 0) is 44.5 Å². The van der Waals surface area contributed by atoms with Crippen LogP contribution in [-0.4, -0.2) is 28.2 Å². The Balaban J connectivity index is 1.86. The van der Waals surface area contributed by atoms with Crippen molar-refractivity contribution in [1.29, 1.82) is 0 Å². The highest BCUT2D eigenvalue weighted by Gasteiger charge is 2.30. The molecule has 2 heterocycles. The normalized spacial score (nSPS) is 22.9. The van der Waals surface area contributed by atoms with Gasteiger partial charge >= 0.3 is 0 Å². The molecule has 2 aromatic rings. The monoisotopic (exact) mass is 272 g/mol. The summed E-state index contributed by atoms with van der Waals surface area (Å²) in [6.07, 6.45) is 6.54. The average Bonchev–Trinajstić information content (AvgIpc) is 2.97. The topological polar surface area (TPSA) is 63.8 Å². The van der Waals surface area contributed by atoms with Crippen LogP contribution in [-0.2, 0) is 0 Å². The number of nitrogens with zero attached hydrogens (tertiary/aromatic N) is 3.